The molecule has 0 radical (unpaired) electrons. The number of fused-ring (bicyclic) bond motifs is 1. The molecule has 0 aromatic heterocycles. The van der Waals surface area contributed by atoms with E-state index in [4.69, 9.17) is 11.6 Å². The Bertz CT molecular complexity index is 638. The number of nitrogens with zero attached hydrogens (tertiary/aromatic N) is 1. The predicted molar refractivity (Wildman–Crippen MR) is 77.9 cm³/mol. The quantitative estimate of drug-likeness (QED) is 0.769. The minimum absolute atomic E-state index is 0.0138. The number of halogens is 1. The first kappa shape index (κ1) is 12.2. The molecule has 2 aromatic carbocycles. The lowest BCUT2D eigenvalue weighted by molar-refractivity contribution is 0.0981. The van der Waals surface area contributed by atoms with Crippen LogP contribution in [0.5, 0.6) is 0 Å². The molecule has 2 nitrogen and oxygen atoms in total. The van der Waals surface area contributed by atoms with Crippen LogP contribution in [-0.2, 0) is 6.42 Å². The fourth-order valence-electron chi connectivity index (χ4n) is 2.64. The molecular formula is C16H14ClNO. The summed E-state index contributed by atoms with van der Waals surface area (Å²) in [5.74, 6) is 0.0138. The third-order valence-electron chi connectivity index (χ3n) is 3.50. The first-order valence-electron chi connectivity index (χ1n) is 6.34. The highest BCUT2D eigenvalue weighted by Crippen LogP contribution is 2.33. The third kappa shape index (κ3) is 2.13. The molecule has 1 aliphatic heterocycles. The van der Waals surface area contributed by atoms with Crippen molar-refractivity contribution in [1.29, 1.82) is 0 Å². The summed E-state index contributed by atoms with van der Waals surface area (Å²) in [7, 11) is 0. The molecule has 0 fully saturated rings. The predicted octanol–water partition coefficient (Wildman–Crippen LogP) is 3.93. The zero-order valence-corrected chi connectivity index (χ0v) is 11.4. The van der Waals surface area contributed by atoms with Crippen LogP contribution in [0.25, 0.3) is 0 Å². The minimum atomic E-state index is 0.0138. The molecule has 0 spiro atoms. The molecule has 0 saturated carbocycles. The third-order valence-corrected chi connectivity index (χ3v) is 3.73. The van der Waals surface area contributed by atoms with Crippen LogP contribution < -0.4 is 4.90 Å². The molecule has 1 amide bonds. The maximum atomic E-state index is 12.6. The van der Waals surface area contributed by atoms with E-state index < -0.39 is 0 Å². The first-order valence-corrected chi connectivity index (χ1v) is 6.71. The lowest BCUT2D eigenvalue weighted by Crippen LogP contribution is -2.35. The van der Waals surface area contributed by atoms with Gasteiger partial charge in [0.25, 0.3) is 5.91 Å². The molecule has 3 rings (SSSR count). The van der Waals surface area contributed by atoms with Crippen molar-refractivity contribution in [2.24, 2.45) is 0 Å². The molecule has 1 heterocycles. The summed E-state index contributed by atoms with van der Waals surface area (Å²) in [6.07, 6.45) is 0.905. The van der Waals surface area contributed by atoms with E-state index in [1.807, 2.05) is 35.2 Å². The Balaban J connectivity index is 2.01. The Labute approximate surface area is 117 Å². The zero-order valence-electron chi connectivity index (χ0n) is 10.6. The number of anilines is 1. The molecule has 0 saturated heterocycles. The molecule has 0 aliphatic carbocycles. The van der Waals surface area contributed by atoms with Crippen LogP contribution in [0.15, 0.2) is 48.5 Å². The summed E-state index contributed by atoms with van der Waals surface area (Å²) < 4.78 is 0. The summed E-state index contributed by atoms with van der Waals surface area (Å²) in [6, 6.07) is 15.4. The van der Waals surface area contributed by atoms with Crippen LogP contribution in [0.3, 0.4) is 0 Å². The molecule has 3 heteroatoms. The van der Waals surface area contributed by atoms with Crippen molar-refractivity contribution in [1.82, 2.24) is 0 Å². The van der Waals surface area contributed by atoms with Crippen LogP contribution >= 0.6 is 11.6 Å². The van der Waals surface area contributed by atoms with Gasteiger partial charge in [0.15, 0.2) is 0 Å². The highest BCUT2D eigenvalue weighted by molar-refractivity contribution is 6.31. The van der Waals surface area contributed by atoms with Gasteiger partial charge < -0.3 is 4.90 Å². The SMILES string of the molecule is C[C@H]1Cc2ccccc2N1C(=O)c1cccc(Cl)c1. The molecular weight excluding hydrogens is 258 g/mol. The van der Waals surface area contributed by atoms with E-state index in [0.717, 1.165) is 12.1 Å². The second-order valence-electron chi connectivity index (χ2n) is 4.87. The van der Waals surface area contributed by atoms with Gasteiger partial charge in [0.2, 0.25) is 0 Å². The number of rotatable bonds is 1. The van der Waals surface area contributed by atoms with Gasteiger partial charge in [-0.2, -0.15) is 0 Å². The second-order valence-corrected chi connectivity index (χ2v) is 5.30. The van der Waals surface area contributed by atoms with Gasteiger partial charge >= 0.3 is 0 Å². The Hall–Kier alpha value is -1.80. The fourth-order valence-corrected chi connectivity index (χ4v) is 2.83. The standard InChI is InChI=1S/C16H14ClNO/c1-11-9-12-5-2-3-8-15(12)18(11)16(19)13-6-4-7-14(17)10-13/h2-8,10-11H,9H2,1H3/t11-/m0/s1. The average Bonchev–Trinajstić information content (AvgIpc) is 2.74. The number of benzene rings is 2. The topological polar surface area (TPSA) is 20.3 Å². The highest BCUT2D eigenvalue weighted by Gasteiger charge is 2.31. The van der Waals surface area contributed by atoms with Crippen LogP contribution in [0.2, 0.25) is 5.02 Å². The number of carbonyl (C=O) groups is 1. The average molecular weight is 272 g/mol. The number of carbonyl (C=O) groups excluding carboxylic acids is 1. The molecule has 0 unspecified atom stereocenters. The molecule has 1 aliphatic rings. The van der Waals surface area contributed by atoms with Crippen molar-refractivity contribution in [3.05, 3.63) is 64.7 Å². The minimum Gasteiger partial charge on any atom is -0.305 e. The van der Waals surface area contributed by atoms with Crippen LogP contribution in [-0.4, -0.2) is 11.9 Å². The van der Waals surface area contributed by atoms with E-state index in [0.29, 0.717) is 10.6 Å². The van der Waals surface area contributed by atoms with Gasteiger partial charge in [0.1, 0.15) is 0 Å². The lowest BCUT2D eigenvalue weighted by atomic mass is 10.1. The van der Waals surface area contributed by atoms with E-state index in [-0.39, 0.29) is 11.9 Å². The van der Waals surface area contributed by atoms with Crippen LogP contribution in [0.1, 0.15) is 22.8 Å². The number of hydrogen-bond acceptors (Lipinski definition) is 1. The second kappa shape index (κ2) is 4.71. The van der Waals surface area contributed by atoms with Gasteiger partial charge in [-0.15, -0.1) is 0 Å². The highest BCUT2D eigenvalue weighted by atomic mass is 35.5. The maximum Gasteiger partial charge on any atom is 0.258 e. The normalized spacial score (nSPS) is 17.4. The molecule has 0 N–H and O–H groups in total. The van der Waals surface area contributed by atoms with Gasteiger partial charge in [0.05, 0.1) is 0 Å². The first-order chi connectivity index (χ1) is 9.16. The van der Waals surface area contributed by atoms with Crippen LogP contribution in [0.4, 0.5) is 5.69 Å². The van der Waals surface area contributed by atoms with Crippen molar-refractivity contribution >= 4 is 23.2 Å². The maximum absolute atomic E-state index is 12.6. The summed E-state index contributed by atoms with van der Waals surface area (Å²) in [5.41, 5.74) is 2.88. The summed E-state index contributed by atoms with van der Waals surface area (Å²) >= 11 is 5.96. The number of amides is 1. The molecule has 1 atom stereocenters. The van der Waals surface area contributed by atoms with E-state index in [1.165, 1.54) is 5.56 Å². The van der Waals surface area contributed by atoms with E-state index >= 15 is 0 Å². The molecule has 96 valence electrons. The van der Waals surface area contributed by atoms with Crippen molar-refractivity contribution in [2.45, 2.75) is 19.4 Å². The monoisotopic (exact) mass is 271 g/mol. The zero-order chi connectivity index (χ0) is 13.4. The van der Waals surface area contributed by atoms with E-state index in [2.05, 4.69) is 13.0 Å². The fraction of sp³-hybridized carbons (Fsp3) is 0.188. The smallest absolute Gasteiger partial charge is 0.258 e. The van der Waals surface area contributed by atoms with Gasteiger partial charge in [-0.05, 0) is 43.2 Å². The number of hydrogen-bond donors (Lipinski definition) is 0. The van der Waals surface area contributed by atoms with Gasteiger partial charge in [-0.25, -0.2) is 0 Å². The van der Waals surface area contributed by atoms with E-state index in [9.17, 15) is 4.79 Å². The van der Waals surface area contributed by atoms with Gasteiger partial charge in [0, 0.05) is 22.3 Å². The summed E-state index contributed by atoms with van der Waals surface area (Å²) in [6.45, 7) is 2.07. The largest absolute Gasteiger partial charge is 0.305 e. The van der Waals surface area contributed by atoms with Crippen molar-refractivity contribution < 1.29 is 4.79 Å². The Kier molecular flexibility index (Phi) is 3.03. The molecule has 2 aromatic rings. The Morgan fingerprint density at radius 1 is 1.21 bits per heavy atom. The molecule has 19 heavy (non-hydrogen) atoms. The van der Waals surface area contributed by atoms with Crippen molar-refractivity contribution in [2.75, 3.05) is 4.90 Å². The summed E-state index contributed by atoms with van der Waals surface area (Å²) in [4.78, 5) is 14.5. The van der Waals surface area contributed by atoms with Crippen molar-refractivity contribution in [3.8, 4) is 0 Å². The van der Waals surface area contributed by atoms with Crippen molar-refractivity contribution in [3.63, 3.8) is 0 Å². The van der Waals surface area contributed by atoms with E-state index in [1.54, 1.807) is 12.1 Å². The Morgan fingerprint density at radius 2 is 2.00 bits per heavy atom. The lowest BCUT2D eigenvalue weighted by Gasteiger charge is -2.22. The van der Waals surface area contributed by atoms with Gasteiger partial charge in [-0.1, -0.05) is 35.9 Å². The summed E-state index contributed by atoms with van der Waals surface area (Å²) in [5, 5.41) is 0.589. The molecule has 0 bridgehead atoms. The Morgan fingerprint density at radius 3 is 2.79 bits per heavy atom. The van der Waals surface area contributed by atoms with Crippen LogP contribution in [0, 0.1) is 0 Å². The number of para-hydroxylation sites is 1. The van der Waals surface area contributed by atoms with Gasteiger partial charge in [-0.3, -0.25) is 4.79 Å².